The van der Waals surface area contributed by atoms with Gasteiger partial charge < -0.3 is 14.6 Å². The van der Waals surface area contributed by atoms with Gasteiger partial charge >= 0.3 is 0 Å². The minimum Gasteiger partial charge on any atom is -0.467 e. The lowest BCUT2D eigenvalue weighted by Gasteiger charge is -2.24. The van der Waals surface area contributed by atoms with Crippen molar-refractivity contribution in [1.29, 1.82) is 0 Å². The Labute approximate surface area is 125 Å². The maximum atomic E-state index is 5.50. The number of nitrogens with zero attached hydrogens (tertiary/aromatic N) is 3. The zero-order valence-corrected chi connectivity index (χ0v) is 12.7. The van der Waals surface area contributed by atoms with Crippen molar-refractivity contribution in [3.05, 3.63) is 36.0 Å². The van der Waals surface area contributed by atoms with E-state index in [1.807, 2.05) is 12.1 Å². The minimum atomic E-state index is 0.572. The molecule has 0 amide bonds. The first kappa shape index (κ1) is 13.9. The third kappa shape index (κ3) is 3.17. The number of hydrogen-bond acceptors (Lipinski definition) is 5. The van der Waals surface area contributed by atoms with Crippen LogP contribution in [0.4, 0.5) is 11.6 Å². The summed E-state index contributed by atoms with van der Waals surface area (Å²) >= 11 is 0. The molecule has 1 N–H and O–H groups in total. The Balaban J connectivity index is 1.85. The Morgan fingerprint density at radius 3 is 2.90 bits per heavy atom. The number of nitrogens with one attached hydrogen (secondary N) is 1. The maximum Gasteiger partial charge on any atom is 0.137 e. The fourth-order valence-corrected chi connectivity index (χ4v) is 2.49. The van der Waals surface area contributed by atoms with Crippen molar-refractivity contribution in [2.75, 3.05) is 16.8 Å². The van der Waals surface area contributed by atoms with Gasteiger partial charge in [-0.15, -0.1) is 0 Å². The fourth-order valence-electron chi connectivity index (χ4n) is 2.49. The van der Waals surface area contributed by atoms with Crippen molar-refractivity contribution < 1.29 is 4.42 Å². The number of rotatable bonds is 7. The third-order valence-electron chi connectivity index (χ3n) is 3.77. The first-order chi connectivity index (χ1) is 10.3. The average Bonchev–Trinajstić information content (AvgIpc) is 3.21. The molecule has 0 radical (unpaired) electrons. The van der Waals surface area contributed by atoms with Gasteiger partial charge in [0, 0.05) is 18.2 Å². The first-order valence-corrected chi connectivity index (χ1v) is 7.64. The molecule has 0 unspecified atom stereocenters. The summed E-state index contributed by atoms with van der Waals surface area (Å²) in [5.41, 5.74) is 1.12. The number of furan rings is 1. The van der Waals surface area contributed by atoms with Crippen molar-refractivity contribution in [2.24, 2.45) is 0 Å². The second kappa shape index (κ2) is 6.16. The van der Waals surface area contributed by atoms with E-state index in [9.17, 15) is 0 Å². The summed E-state index contributed by atoms with van der Waals surface area (Å²) < 4.78 is 5.50. The van der Waals surface area contributed by atoms with Crippen LogP contribution in [0.15, 0.2) is 29.1 Å². The van der Waals surface area contributed by atoms with Crippen LogP contribution in [0.5, 0.6) is 0 Å². The molecule has 1 saturated carbocycles. The summed E-state index contributed by atoms with van der Waals surface area (Å²) in [5, 5.41) is 3.37. The molecular formula is C16H22N4O. The van der Waals surface area contributed by atoms with Crippen LogP contribution in [0.3, 0.4) is 0 Å². The summed E-state index contributed by atoms with van der Waals surface area (Å²) in [5.74, 6) is 2.93. The van der Waals surface area contributed by atoms with Crippen molar-refractivity contribution in [3.63, 3.8) is 0 Å². The molecule has 2 heterocycles. The molecule has 112 valence electrons. The molecule has 3 rings (SSSR count). The molecule has 0 bridgehead atoms. The Kier molecular flexibility index (Phi) is 4.08. The van der Waals surface area contributed by atoms with Crippen LogP contribution >= 0.6 is 0 Å². The monoisotopic (exact) mass is 286 g/mol. The smallest absolute Gasteiger partial charge is 0.137 e. The molecule has 0 aromatic carbocycles. The summed E-state index contributed by atoms with van der Waals surface area (Å²) in [4.78, 5) is 11.2. The Bertz CT molecular complexity index is 578. The second-order valence-corrected chi connectivity index (χ2v) is 5.54. The molecule has 5 heteroatoms. The summed E-state index contributed by atoms with van der Waals surface area (Å²) in [6, 6.07) is 4.52. The van der Waals surface area contributed by atoms with Crippen LogP contribution in [0.1, 0.15) is 37.5 Å². The van der Waals surface area contributed by atoms with Crippen LogP contribution in [-0.4, -0.2) is 22.6 Å². The van der Waals surface area contributed by atoms with Gasteiger partial charge in [0.1, 0.15) is 23.7 Å². The largest absolute Gasteiger partial charge is 0.467 e. The lowest BCUT2D eigenvalue weighted by atomic mass is 10.2. The van der Waals surface area contributed by atoms with E-state index < -0.39 is 0 Å². The highest BCUT2D eigenvalue weighted by Gasteiger charge is 2.32. The van der Waals surface area contributed by atoms with Crippen LogP contribution in [0, 0.1) is 6.92 Å². The van der Waals surface area contributed by atoms with E-state index in [1.165, 1.54) is 12.8 Å². The maximum absolute atomic E-state index is 5.50. The second-order valence-electron chi connectivity index (χ2n) is 5.54. The Hall–Kier alpha value is -2.04. The van der Waals surface area contributed by atoms with E-state index in [0.717, 1.165) is 42.5 Å². The summed E-state index contributed by atoms with van der Waals surface area (Å²) in [6.45, 7) is 5.93. The highest BCUT2D eigenvalue weighted by molar-refractivity contribution is 5.59. The standard InChI is InChI=1S/C16H22N4O/c1-3-8-17-15-12(2)16(19-11-18-15)20(13-6-7-13)10-14-5-4-9-21-14/h4-5,9,11,13H,3,6-8,10H2,1-2H3,(H,17,18,19). The van der Waals surface area contributed by atoms with Gasteiger partial charge in [-0.3, -0.25) is 0 Å². The summed E-state index contributed by atoms with van der Waals surface area (Å²) in [7, 11) is 0. The predicted octanol–water partition coefficient (Wildman–Crippen LogP) is 3.37. The lowest BCUT2D eigenvalue weighted by molar-refractivity contribution is 0.500. The van der Waals surface area contributed by atoms with Crippen LogP contribution < -0.4 is 10.2 Å². The SMILES string of the molecule is CCCNc1ncnc(N(Cc2ccco2)C2CC2)c1C. The van der Waals surface area contributed by atoms with E-state index >= 15 is 0 Å². The summed E-state index contributed by atoms with van der Waals surface area (Å²) in [6.07, 6.45) is 6.90. The van der Waals surface area contributed by atoms with Crippen LogP contribution in [0.25, 0.3) is 0 Å². The van der Waals surface area contributed by atoms with Crippen LogP contribution in [0.2, 0.25) is 0 Å². The number of anilines is 2. The van der Waals surface area contributed by atoms with E-state index in [2.05, 4.69) is 34.0 Å². The molecule has 2 aromatic heterocycles. The predicted molar refractivity (Wildman–Crippen MR) is 83.5 cm³/mol. The quantitative estimate of drug-likeness (QED) is 0.845. The van der Waals surface area contributed by atoms with E-state index in [0.29, 0.717) is 6.04 Å². The molecule has 1 aliphatic carbocycles. The van der Waals surface area contributed by atoms with Crippen molar-refractivity contribution in [1.82, 2.24) is 9.97 Å². The van der Waals surface area contributed by atoms with Gasteiger partial charge in [0.2, 0.25) is 0 Å². The molecule has 0 saturated heterocycles. The lowest BCUT2D eigenvalue weighted by Crippen LogP contribution is -2.27. The zero-order valence-electron chi connectivity index (χ0n) is 12.7. The average molecular weight is 286 g/mol. The van der Waals surface area contributed by atoms with Crippen LogP contribution in [-0.2, 0) is 6.54 Å². The molecule has 1 aliphatic rings. The Morgan fingerprint density at radius 1 is 1.38 bits per heavy atom. The van der Waals surface area contributed by atoms with Gasteiger partial charge in [0.25, 0.3) is 0 Å². The molecular weight excluding hydrogens is 264 g/mol. The van der Waals surface area contributed by atoms with Gasteiger partial charge in [0.05, 0.1) is 12.8 Å². The molecule has 0 spiro atoms. The van der Waals surface area contributed by atoms with Crippen molar-refractivity contribution in [3.8, 4) is 0 Å². The van der Waals surface area contributed by atoms with E-state index in [4.69, 9.17) is 4.42 Å². The highest BCUT2D eigenvalue weighted by atomic mass is 16.3. The first-order valence-electron chi connectivity index (χ1n) is 7.64. The van der Waals surface area contributed by atoms with E-state index in [-0.39, 0.29) is 0 Å². The van der Waals surface area contributed by atoms with Gasteiger partial charge in [-0.1, -0.05) is 6.92 Å². The molecule has 0 aliphatic heterocycles. The van der Waals surface area contributed by atoms with E-state index in [1.54, 1.807) is 12.6 Å². The van der Waals surface area contributed by atoms with Crippen molar-refractivity contribution >= 4 is 11.6 Å². The Morgan fingerprint density at radius 2 is 2.24 bits per heavy atom. The van der Waals surface area contributed by atoms with Gasteiger partial charge in [-0.25, -0.2) is 9.97 Å². The number of aromatic nitrogens is 2. The zero-order chi connectivity index (χ0) is 14.7. The fraction of sp³-hybridized carbons (Fsp3) is 0.500. The van der Waals surface area contributed by atoms with Gasteiger partial charge in [-0.05, 0) is 38.3 Å². The molecule has 5 nitrogen and oxygen atoms in total. The molecule has 0 atom stereocenters. The van der Waals surface area contributed by atoms with Gasteiger partial charge in [-0.2, -0.15) is 0 Å². The van der Waals surface area contributed by atoms with Crippen molar-refractivity contribution in [2.45, 2.75) is 45.7 Å². The normalized spacial score (nSPS) is 14.2. The number of hydrogen-bond donors (Lipinski definition) is 1. The van der Waals surface area contributed by atoms with Gasteiger partial charge in [0.15, 0.2) is 0 Å². The minimum absolute atomic E-state index is 0.572. The highest BCUT2D eigenvalue weighted by Crippen LogP contribution is 2.34. The molecule has 1 fully saturated rings. The molecule has 2 aromatic rings. The molecule has 21 heavy (non-hydrogen) atoms. The third-order valence-corrected chi connectivity index (χ3v) is 3.77. The topological polar surface area (TPSA) is 54.2 Å².